The number of piperidine rings is 1. The third-order valence-corrected chi connectivity index (χ3v) is 4.64. The predicted molar refractivity (Wildman–Crippen MR) is 79.4 cm³/mol. The highest BCUT2D eigenvalue weighted by atomic mass is 16.5. The molecular weight excluding hydrogens is 284 g/mol. The summed E-state index contributed by atoms with van der Waals surface area (Å²) in [5.41, 5.74) is 1.86. The molecule has 6 heteroatoms. The molecule has 0 unspecified atom stereocenters. The first-order valence-corrected chi connectivity index (χ1v) is 7.72. The Morgan fingerprint density at radius 3 is 2.77 bits per heavy atom. The van der Waals surface area contributed by atoms with Crippen molar-refractivity contribution in [2.24, 2.45) is 0 Å². The van der Waals surface area contributed by atoms with E-state index < -0.39 is 0 Å². The molecule has 0 radical (unpaired) electrons. The molecule has 3 rings (SSSR count). The van der Waals surface area contributed by atoms with E-state index in [4.69, 9.17) is 9.26 Å². The summed E-state index contributed by atoms with van der Waals surface area (Å²) >= 11 is 0. The van der Waals surface area contributed by atoms with Gasteiger partial charge in [0.05, 0.1) is 24.4 Å². The monoisotopic (exact) mass is 306 g/mol. The van der Waals surface area contributed by atoms with Crippen molar-refractivity contribution in [3.05, 3.63) is 28.7 Å². The highest BCUT2D eigenvalue weighted by molar-refractivity contribution is 5.93. The van der Waals surface area contributed by atoms with E-state index in [0.29, 0.717) is 24.4 Å². The van der Waals surface area contributed by atoms with Crippen LogP contribution in [-0.2, 0) is 11.3 Å². The van der Waals surface area contributed by atoms with Gasteiger partial charge in [0, 0.05) is 13.1 Å². The Bertz CT molecular complexity index is 597. The summed E-state index contributed by atoms with van der Waals surface area (Å²) in [5.74, 6) is 0.320. The molecule has 1 aromatic heterocycles. The van der Waals surface area contributed by atoms with Crippen molar-refractivity contribution >= 4 is 5.91 Å². The van der Waals surface area contributed by atoms with Crippen molar-refractivity contribution < 1.29 is 19.2 Å². The molecule has 1 N–H and O–H groups in total. The normalized spacial score (nSPS) is 21.0. The average Bonchev–Trinajstić information content (AvgIpc) is 2.88. The van der Waals surface area contributed by atoms with Crippen LogP contribution in [0.2, 0.25) is 0 Å². The summed E-state index contributed by atoms with van der Waals surface area (Å²) in [6.07, 6.45) is 4.79. The first kappa shape index (κ1) is 15.2. The molecule has 0 aliphatic carbocycles. The van der Waals surface area contributed by atoms with Gasteiger partial charge in [-0.2, -0.15) is 0 Å². The number of aryl methyl sites for hydroxylation is 1. The Balaban J connectivity index is 1.71. The number of carbonyl (C=O) groups is 1. The average molecular weight is 306 g/mol. The number of aliphatic hydroxyl groups excluding tert-OH is 1. The predicted octanol–water partition coefficient (Wildman–Crippen LogP) is 1.82. The van der Waals surface area contributed by atoms with Crippen molar-refractivity contribution in [3.8, 4) is 0 Å². The molecule has 1 spiro atoms. The SMILES string of the molecule is CC1=CC2(CCN(C(=O)c3noc(C)c3CO)CC2)OCC1. The Hall–Kier alpha value is -1.66. The van der Waals surface area contributed by atoms with Gasteiger partial charge in [0.25, 0.3) is 5.91 Å². The maximum atomic E-state index is 12.6. The Kier molecular flexibility index (Phi) is 4.06. The van der Waals surface area contributed by atoms with Gasteiger partial charge < -0.3 is 19.3 Å². The second-order valence-electron chi connectivity index (χ2n) is 6.17. The molecule has 6 nitrogen and oxygen atoms in total. The van der Waals surface area contributed by atoms with E-state index in [1.54, 1.807) is 11.8 Å². The maximum absolute atomic E-state index is 12.6. The van der Waals surface area contributed by atoms with Gasteiger partial charge in [-0.15, -0.1) is 0 Å². The third-order valence-electron chi connectivity index (χ3n) is 4.64. The number of amides is 1. The van der Waals surface area contributed by atoms with Gasteiger partial charge in [0.15, 0.2) is 5.69 Å². The van der Waals surface area contributed by atoms with E-state index in [-0.39, 0.29) is 23.8 Å². The van der Waals surface area contributed by atoms with Crippen LogP contribution in [0.1, 0.15) is 48.0 Å². The molecule has 1 saturated heterocycles. The lowest BCUT2D eigenvalue weighted by molar-refractivity contribution is -0.0523. The molecule has 22 heavy (non-hydrogen) atoms. The van der Waals surface area contributed by atoms with Crippen molar-refractivity contribution in [2.75, 3.05) is 19.7 Å². The van der Waals surface area contributed by atoms with E-state index in [1.807, 2.05) is 0 Å². The van der Waals surface area contributed by atoms with E-state index in [9.17, 15) is 9.90 Å². The number of rotatable bonds is 2. The van der Waals surface area contributed by atoms with Gasteiger partial charge in [0.2, 0.25) is 0 Å². The summed E-state index contributed by atoms with van der Waals surface area (Å²) in [5, 5.41) is 13.2. The lowest BCUT2D eigenvalue weighted by atomic mass is 9.87. The van der Waals surface area contributed by atoms with Gasteiger partial charge in [-0.1, -0.05) is 16.8 Å². The molecule has 0 atom stereocenters. The van der Waals surface area contributed by atoms with Gasteiger partial charge in [-0.25, -0.2) is 0 Å². The number of aromatic nitrogens is 1. The zero-order valence-corrected chi connectivity index (χ0v) is 13.1. The number of aliphatic hydroxyl groups is 1. The fraction of sp³-hybridized carbons (Fsp3) is 0.625. The fourth-order valence-corrected chi connectivity index (χ4v) is 3.25. The molecular formula is C16H22N2O4. The number of ether oxygens (including phenoxy) is 1. The summed E-state index contributed by atoms with van der Waals surface area (Å²) in [6.45, 7) is 5.60. The fourth-order valence-electron chi connectivity index (χ4n) is 3.25. The summed E-state index contributed by atoms with van der Waals surface area (Å²) < 4.78 is 11.0. The molecule has 1 aromatic rings. The quantitative estimate of drug-likeness (QED) is 0.843. The Morgan fingerprint density at radius 1 is 1.41 bits per heavy atom. The Morgan fingerprint density at radius 2 is 2.14 bits per heavy atom. The van der Waals surface area contributed by atoms with Gasteiger partial charge >= 0.3 is 0 Å². The zero-order chi connectivity index (χ0) is 15.7. The summed E-state index contributed by atoms with van der Waals surface area (Å²) in [4.78, 5) is 14.3. The molecule has 0 bridgehead atoms. The standard InChI is InChI=1S/C16H22N2O4/c1-11-3-8-21-16(9-11)4-6-18(7-5-16)15(20)14-13(10-19)12(2)22-17-14/h9,19H,3-8,10H2,1-2H3. The first-order valence-electron chi connectivity index (χ1n) is 7.72. The second kappa shape index (κ2) is 5.85. The molecule has 1 fully saturated rings. The van der Waals surface area contributed by atoms with Crippen LogP contribution in [-0.4, -0.2) is 46.4 Å². The number of carbonyl (C=O) groups excluding carboxylic acids is 1. The smallest absolute Gasteiger partial charge is 0.276 e. The summed E-state index contributed by atoms with van der Waals surface area (Å²) in [7, 11) is 0. The van der Waals surface area contributed by atoms with Crippen molar-refractivity contribution in [1.82, 2.24) is 10.1 Å². The van der Waals surface area contributed by atoms with Gasteiger partial charge in [0.1, 0.15) is 5.76 Å². The Labute approximate surface area is 129 Å². The van der Waals surface area contributed by atoms with Crippen LogP contribution in [0.5, 0.6) is 0 Å². The van der Waals surface area contributed by atoms with Crippen LogP contribution < -0.4 is 0 Å². The third kappa shape index (κ3) is 2.68. The topological polar surface area (TPSA) is 75.8 Å². The number of hydrogen-bond acceptors (Lipinski definition) is 5. The van der Waals surface area contributed by atoms with Gasteiger partial charge in [-0.3, -0.25) is 4.79 Å². The summed E-state index contributed by atoms with van der Waals surface area (Å²) in [6, 6.07) is 0. The number of hydrogen-bond donors (Lipinski definition) is 1. The maximum Gasteiger partial charge on any atom is 0.276 e. The molecule has 0 saturated carbocycles. The lowest BCUT2D eigenvalue weighted by Gasteiger charge is -2.42. The molecule has 1 amide bonds. The molecule has 3 heterocycles. The minimum absolute atomic E-state index is 0.174. The van der Waals surface area contributed by atoms with Crippen molar-refractivity contribution in [3.63, 3.8) is 0 Å². The van der Waals surface area contributed by atoms with E-state index >= 15 is 0 Å². The zero-order valence-electron chi connectivity index (χ0n) is 13.1. The minimum Gasteiger partial charge on any atom is -0.391 e. The van der Waals surface area contributed by atoms with Crippen LogP contribution >= 0.6 is 0 Å². The lowest BCUT2D eigenvalue weighted by Crippen LogP contribution is -2.48. The van der Waals surface area contributed by atoms with Crippen LogP contribution in [0.15, 0.2) is 16.2 Å². The van der Waals surface area contributed by atoms with E-state index in [1.165, 1.54) is 5.57 Å². The molecule has 2 aliphatic rings. The molecule has 120 valence electrons. The van der Waals surface area contributed by atoms with Crippen molar-refractivity contribution in [2.45, 2.75) is 45.3 Å². The minimum atomic E-state index is -0.237. The highest BCUT2D eigenvalue weighted by Gasteiger charge is 2.37. The van der Waals surface area contributed by atoms with Crippen LogP contribution in [0.4, 0.5) is 0 Å². The first-order chi connectivity index (χ1) is 10.5. The van der Waals surface area contributed by atoms with Crippen molar-refractivity contribution in [1.29, 1.82) is 0 Å². The number of likely N-dealkylation sites (tertiary alicyclic amines) is 1. The highest BCUT2D eigenvalue weighted by Crippen LogP contribution is 2.33. The molecule has 2 aliphatic heterocycles. The van der Waals surface area contributed by atoms with Crippen LogP contribution in [0.3, 0.4) is 0 Å². The van der Waals surface area contributed by atoms with E-state index in [2.05, 4.69) is 18.2 Å². The second-order valence-corrected chi connectivity index (χ2v) is 6.17. The van der Waals surface area contributed by atoms with E-state index in [0.717, 1.165) is 25.9 Å². The van der Waals surface area contributed by atoms with Crippen LogP contribution in [0.25, 0.3) is 0 Å². The molecule has 0 aromatic carbocycles. The largest absolute Gasteiger partial charge is 0.391 e. The van der Waals surface area contributed by atoms with Gasteiger partial charge in [-0.05, 0) is 33.1 Å². The number of nitrogens with zero attached hydrogens (tertiary/aromatic N) is 2. The van der Waals surface area contributed by atoms with Crippen LogP contribution in [0, 0.1) is 6.92 Å².